The molecule has 18 heavy (non-hydrogen) atoms. The maximum absolute atomic E-state index is 10.6. The van der Waals surface area contributed by atoms with E-state index in [1.807, 2.05) is 4.90 Å². The van der Waals surface area contributed by atoms with Crippen LogP contribution in [0.25, 0.3) is 0 Å². The molecule has 0 bridgehead atoms. The number of nitrogens with zero attached hydrogens (tertiary/aromatic N) is 2. The smallest absolute Gasteiger partial charge is 0.267 e. The second kappa shape index (κ2) is 8.83. The summed E-state index contributed by atoms with van der Waals surface area (Å²) < 4.78 is 29.7. The molecule has 1 rings (SSSR count). The Morgan fingerprint density at radius 3 is 2.06 bits per heavy atom. The topological polar surface area (TPSA) is 101 Å². The molecule has 1 atom stereocenters. The Bertz CT molecular complexity index is 319. The van der Waals surface area contributed by atoms with Crippen molar-refractivity contribution in [1.82, 2.24) is 9.80 Å². The molecule has 0 saturated carbocycles. The largest absolute Gasteiger partial charge is 0.395 e. The van der Waals surface area contributed by atoms with Gasteiger partial charge in [-0.3, -0.25) is 14.4 Å². The molecule has 0 aromatic rings. The number of rotatable bonds is 6. The van der Waals surface area contributed by atoms with Gasteiger partial charge in [-0.25, -0.2) is 0 Å². The van der Waals surface area contributed by atoms with Crippen LogP contribution in [-0.2, 0) is 10.1 Å². The molecule has 1 unspecified atom stereocenters. The van der Waals surface area contributed by atoms with E-state index in [9.17, 15) is 13.5 Å². The summed E-state index contributed by atoms with van der Waals surface area (Å²) in [5, 5.41) is 18.2. The van der Waals surface area contributed by atoms with Crippen LogP contribution in [-0.4, -0.2) is 120 Å². The third kappa shape index (κ3) is 8.03. The first-order valence-electron chi connectivity index (χ1n) is 5.59. The van der Waals surface area contributed by atoms with Gasteiger partial charge in [-0.15, -0.1) is 0 Å². The van der Waals surface area contributed by atoms with Crippen LogP contribution in [0.2, 0.25) is 0 Å². The average molecular weight is 291 g/mol. The summed E-state index contributed by atoms with van der Waals surface area (Å²) in [5.74, 6) is -0.621. The maximum atomic E-state index is 10.6. The van der Waals surface area contributed by atoms with Crippen molar-refractivity contribution in [1.29, 1.82) is 0 Å². The fraction of sp³-hybridized carbons (Fsp3) is 1.00. The van der Waals surface area contributed by atoms with Gasteiger partial charge in [-0.2, -0.15) is 8.42 Å². The number of piperazine rings is 1. The Balaban J connectivity index is 0.00000289. The average Bonchev–Trinajstić information content (AvgIpc) is 2.18. The zero-order valence-electron chi connectivity index (χ0n) is 10.7. The van der Waals surface area contributed by atoms with Crippen LogP contribution in [0.3, 0.4) is 0 Å². The molecular formula is C9H20N2NaO5S. The molecule has 9 heteroatoms. The van der Waals surface area contributed by atoms with Crippen molar-refractivity contribution in [2.75, 3.05) is 51.6 Å². The van der Waals surface area contributed by atoms with Crippen molar-refractivity contribution in [3.05, 3.63) is 0 Å². The second-order valence-corrected chi connectivity index (χ2v) is 5.77. The fourth-order valence-corrected chi connectivity index (χ4v) is 2.52. The Morgan fingerprint density at radius 1 is 1.11 bits per heavy atom. The van der Waals surface area contributed by atoms with Gasteiger partial charge in [0.25, 0.3) is 10.1 Å². The summed E-state index contributed by atoms with van der Waals surface area (Å²) in [6.45, 7) is 4.04. The van der Waals surface area contributed by atoms with E-state index in [0.29, 0.717) is 6.54 Å². The van der Waals surface area contributed by atoms with E-state index in [0.717, 1.165) is 26.2 Å². The summed E-state index contributed by atoms with van der Waals surface area (Å²) in [5.41, 5.74) is 0. The van der Waals surface area contributed by atoms with Gasteiger partial charge in [0.15, 0.2) is 0 Å². The molecule has 1 aliphatic rings. The molecule has 7 nitrogen and oxygen atoms in total. The molecule has 1 fully saturated rings. The van der Waals surface area contributed by atoms with Gasteiger partial charge in [0.1, 0.15) is 5.75 Å². The molecular weight excluding hydrogens is 271 g/mol. The Kier molecular flexibility index (Phi) is 9.20. The van der Waals surface area contributed by atoms with Gasteiger partial charge < -0.3 is 10.2 Å². The SMILES string of the molecule is O=S(=O)(O)CC(O)CN1CCN(CCO)CC1.[Na]. The van der Waals surface area contributed by atoms with Crippen molar-refractivity contribution in [3.8, 4) is 0 Å². The normalized spacial score (nSPS) is 20.4. The van der Waals surface area contributed by atoms with Crippen molar-refractivity contribution >= 4 is 39.7 Å². The quantitative estimate of drug-likeness (QED) is 0.366. The number of hydrogen-bond donors (Lipinski definition) is 3. The van der Waals surface area contributed by atoms with Gasteiger partial charge in [-0.05, 0) is 0 Å². The van der Waals surface area contributed by atoms with Gasteiger partial charge in [-0.1, -0.05) is 0 Å². The molecule has 0 aromatic carbocycles. The van der Waals surface area contributed by atoms with Crippen LogP contribution in [0.15, 0.2) is 0 Å². The molecule has 3 N–H and O–H groups in total. The summed E-state index contributed by atoms with van der Waals surface area (Å²) in [4.78, 5) is 4.05. The minimum absolute atomic E-state index is 0. The van der Waals surface area contributed by atoms with Crippen LogP contribution in [0.4, 0.5) is 0 Å². The molecule has 0 spiro atoms. The van der Waals surface area contributed by atoms with Crippen molar-refractivity contribution < 1.29 is 23.2 Å². The van der Waals surface area contributed by atoms with Crippen LogP contribution in [0.1, 0.15) is 0 Å². The Labute approximate surface area is 130 Å². The van der Waals surface area contributed by atoms with Crippen molar-refractivity contribution in [2.45, 2.75) is 6.10 Å². The van der Waals surface area contributed by atoms with Crippen LogP contribution < -0.4 is 0 Å². The molecule has 1 radical (unpaired) electrons. The number of β-amino-alcohol motifs (C(OH)–C–C–N with tert-alkyl or cyclic N) is 2. The second-order valence-electron chi connectivity index (χ2n) is 4.27. The first-order chi connectivity index (χ1) is 7.90. The maximum Gasteiger partial charge on any atom is 0.267 e. The summed E-state index contributed by atoms with van der Waals surface area (Å²) in [7, 11) is -4.11. The van der Waals surface area contributed by atoms with Crippen LogP contribution in [0.5, 0.6) is 0 Å². The van der Waals surface area contributed by atoms with E-state index in [4.69, 9.17) is 9.66 Å². The molecule has 1 saturated heterocycles. The van der Waals surface area contributed by atoms with Gasteiger partial charge in [0, 0.05) is 68.8 Å². The zero-order valence-corrected chi connectivity index (χ0v) is 13.5. The summed E-state index contributed by atoms with van der Waals surface area (Å²) in [6.07, 6.45) is -1.06. The van der Waals surface area contributed by atoms with Crippen molar-refractivity contribution in [2.24, 2.45) is 0 Å². The molecule has 0 amide bonds. The first-order valence-corrected chi connectivity index (χ1v) is 7.20. The first kappa shape index (κ1) is 18.8. The predicted molar refractivity (Wildman–Crippen MR) is 68.1 cm³/mol. The van der Waals surface area contributed by atoms with Gasteiger partial charge in [0.05, 0.1) is 12.7 Å². The van der Waals surface area contributed by atoms with E-state index >= 15 is 0 Å². The monoisotopic (exact) mass is 291 g/mol. The standard InChI is InChI=1S/C9H20N2O5S.Na/c12-6-5-10-1-3-11(4-2-10)7-9(13)8-17(14,15)16;/h9,12-13H,1-8H2,(H,14,15,16);. The molecule has 0 aromatic heterocycles. The van der Waals surface area contributed by atoms with Gasteiger partial charge >= 0.3 is 0 Å². The minimum Gasteiger partial charge on any atom is -0.395 e. The summed E-state index contributed by atoms with van der Waals surface area (Å²) >= 11 is 0. The Morgan fingerprint density at radius 2 is 1.61 bits per heavy atom. The fourth-order valence-electron chi connectivity index (χ4n) is 1.93. The van der Waals surface area contributed by atoms with E-state index in [1.54, 1.807) is 0 Å². The Hall–Kier alpha value is 0.750. The predicted octanol–water partition coefficient (Wildman–Crippen LogP) is -2.54. The third-order valence-electron chi connectivity index (χ3n) is 2.75. The van der Waals surface area contributed by atoms with E-state index in [1.165, 1.54) is 0 Å². The van der Waals surface area contributed by atoms with Crippen LogP contribution in [0, 0.1) is 0 Å². The molecule has 1 heterocycles. The molecule has 1 aliphatic heterocycles. The van der Waals surface area contributed by atoms with Crippen molar-refractivity contribution in [3.63, 3.8) is 0 Å². The molecule has 103 valence electrons. The van der Waals surface area contributed by atoms with Gasteiger partial charge in [0.2, 0.25) is 0 Å². The molecule has 0 aliphatic carbocycles. The zero-order chi connectivity index (χ0) is 12.9. The minimum atomic E-state index is -4.11. The van der Waals surface area contributed by atoms with E-state index in [2.05, 4.69) is 4.90 Å². The third-order valence-corrected chi connectivity index (χ3v) is 3.56. The summed E-state index contributed by atoms with van der Waals surface area (Å²) in [6, 6.07) is 0. The van der Waals surface area contributed by atoms with E-state index in [-0.39, 0.29) is 42.7 Å². The van der Waals surface area contributed by atoms with Crippen LogP contribution >= 0.6 is 0 Å². The number of aliphatic hydroxyl groups is 2. The number of aliphatic hydroxyl groups excluding tert-OH is 2. The number of hydrogen-bond acceptors (Lipinski definition) is 6. The van der Waals surface area contributed by atoms with E-state index < -0.39 is 22.0 Å².